The summed E-state index contributed by atoms with van der Waals surface area (Å²) in [6.07, 6.45) is 1.38. The molecule has 2 N–H and O–H groups in total. The van der Waals surface area contributed by atoms with Crippen molar-refractivity contribution < 1.29 is 18.0 Å². The van der Waals surface area contributed by atoms with E-state index in [4.69, 9.17) is 11.6 Å². The zero-order chi connectivity index (χ0) is 22.1. The SMILES string of the molecule is Cc1cc(NC(=O)c2cc(S(=O)(=O)NC(C)C)ccc2Cl)ccc1N1CCCC1=O. The van der Waals surface area contributed by atoms with Gasteiger partial charge in [-0.2, -0.15) is 0 Å². The van der Waals surface area contributed by atoms with Gasteiger partial charge in [-0.15, -0.1) is 0 Å². The molecule has 1 fully saturated rings. The van der Waals surface area contributed by atoms with Gasteiger partial charge in [-0.3, -0.25) is 9.59 Å². The normalized spacial score (nSPS) is 14.4. The van der Waals surface area contributed by atoms with Crippen LogP contribution in [-0.2, 0) is 14.8 Å². The van der Waals surface area contributed by atoms with Crippen LogP contribution in [0.1, 0.15) is 42.6 Å². The first-order valence-corrected chi connectivity index (χ1v) is 11.5. The van der Waals surface area contributed by atoms with Crippen LogP contribution in [0.15, 0.2) is 41.3 Å². The number of hydrogen-bond acceptors (Lipinski definition) is 4. The predicted octanol–water partition coefficient (Wildman–Crippen LogP) is 3.71. The molecule has 1 aliphatic heterocycles. The quantitative estimate of drug-likeness (QED) is 0.702. The molecular weight excluding hydrogens is 426 g/mol. The van der Waals surface area contributed by atoms with Crippen molar-refractivity contribution in [1.29, 1.82) is 0 Å². The summed E-state index contributed by atoms with van der Waals surface area (Å²) >= 11 is 6.15. The van der Waals surface area contributed by atoms with E-state index < -0.39 is 15.9 Å². The number of nitrogens with zero attached hydrogens (tertiary/aromatic N) is 1. The molecule has 2 aromatic rings. The van der Waals surface area contributed by atoms with Crippen molar-refractivity contribution in [3.63, 3.8) is 0 Å². The standard InChI is InChI=1S/C21H24ClN3O4S/c1-13(2)24-30(28,29)16-7-8-18(22)17(12-16)21(27)23-15-6-9-19(14(3)11-15)25-10-4-5-20(25)26/h6-9,11-13,24H,4-5,10H2,1-3H3,(H,23,27). The molecule has 7 nitrogen and oxygen atoms in total. The van der Waals surface area contributed by atoms with Crippen LogP contribution in [0.5, 0.6) is 0 Å². The third-order valence-corrected chi connectivity index (χ3v) is 6.69. The molecule has 1 saturated heterocycles. The Morgan fingerprint density at radius 3 is 2.50 bits per heavy atom. The Balaban J connectivity index is 1.83. The summed E-state index contributed by atoms with van der Waals surface area (Å²) < 4.78 is 27.3. The number of carbonyl (C=O) groups is 2. The van der Waals surface area contributed by atoms with Crippen LogP contribution in [0.2, 0.25) is 5.02 Å². The number of sulfonamides is 1. The lowest BCUT2D eigenvalue weighted by Crippen LogP contribution is -2.30. The van der Waals surface area contributed by atoms with Gasteiger partial charge in [-0.05, 0) is 69.2 Å². The Bertz CT molecular complexity index is 1100. The average Bonchev–Trinajstić information content (AvgIpc) is 3.06. The molecule has 30 heavy (non-hydrogen) atoms. The number of anilines is 2. The highest BCUT2D eigenvalue weighted by atomic mass is 35.5. The monoisotopic (exact) mass is 449 g/mol. The molecule has 1 aliphatic rings. The van der Waals surface area contributed by atoms with Gasteiger partial charge in [0.15, 0.2) is 0 Å². The number of rotatable bonds is 6. The molecule has 0 bridgehead atoms. The fourth-order valence-electron chi connectivity index (χ4n) is 3.36. The highest BCUT2D eigenvalue weighted by molar-refractivity contribution is 7.89. The van der Waals surface area contributed by atoms with E-state index in [1.807, 2.05) is 6.92 Å². The van der Waals surface area contributed by atoms with E-state index in [1.165, 1.54) is 18.2 Å². The number of nitrogens with one attached hydrogen (secondary N) is 2. The number of carbonyl (C=O) groups excluding carboxylic acids is 2. The van der Waals surface area contributed by atoms with Crippen LogP contribution in [0.25, 0.3) is 0 Å². The second kappa shape index (κ2) is 8.75. The van der Waals surface area contributed by atoms with Crippen LogP contribution in [0.3, 0.4) is 0 Å². The van der Waals surface area contributed by atoms with Crippen LogP contribution < -0.4 is 14.9 Å². The fraction of sp³-hybridized carbons (Fsp3) is 0.333. The molecule has 0 aliphatic carbocycles. The van der Waals surface area contributed by atoms with E-state index in [9.17, 15) is 18.0 Å². The molecular formula is C21H24ClN3O4S. The third kappa shape index (κ3) is 4.83. The second-order valence-electron chi connectivity index (χ2n) is 7.52. The maximum atomic E-state index is 12.8. The number of benzene rings is 2. The molecule has 2 aromatic carbocycles. The Morgan fingerprint density at radius 1 is 1.17 bits per heavy atom. The summed E-state index contributed by atoms with van der Waals surface area (Å²) in [4.78, 5) is 26.5. The number of amides is 2. The number of aryl methyl sites for hydroxylation is 1. The maximum Gasteiger partial charge on any atom is 0.257 e. The minimum Gasteiger partial charge on any atom is -0.322 e. The van der Waals surface area contributed by atoms with Gasteiger partial charge in [0.25, 0.3) is 5.91 Å². The Labute approximate surface area is 181 Å². The van der Waals surface area contributed by atoms with Crippen molar-refractivity contribution in [2.24, 2.45) is 0 Å². The minimum absolute atomic E-state index is 0.0372. The van der Waals surface area contributed by atoms with Gasteiger partial charge in [-0.25, -0.2) is 13.1 Å². The topological polar surface area (TPSA) is 95.6 Å². The summed E-state index contributed by atoms with van der Waals surface area (Å²) in [6.45, 7) is 5.98. The first-order chi connectivity index (χ1) is 14.1. The fourth-order valence-corrected chi connectivity index (χ4v) is 4.84. The molecule has 3 rings (SSSR count). The van der Waals surface area contributed by atoms with Crippen molar-refractivity contribution in [2.45, 2.75) is 44.6 Å². The summed E-state index contributed by atoms with van der Waals surface area (Å²) in [7, 11) is -3.76. The first kappa shape index (κ1) is 22.3. The van der Waals surface area contributed by atoms with Gasteiger partial charge in [0.05, 0.1) is 15.5 Å². The summed E-state index contributed by atoms with van der Waals surface area (Å²) in [5, 5.41) is 2.89. The largest absolute Gasteiger partial charge is 0.322 e. The zero-order valence-electron chi connectivity index (χ0n) is 17.0. The highest BCUT2D eigenvalue weighted by Crippen LogP contribution is 2.28. The van der Waals surface area contributed by atoms with E-state index in [1.54, 1.807) is 36.9 Å². The van der Waals surface area contributed by atoms with Crippen molar-refractivity contribution in [3.05, 3.63) is 52.5 Å². The van der Waals surface area contributed by atoms with Gasteiger partial charge in [-0.1, -0.05) is 11.6 Å². The summed E-state index contributed by atoms with van der Waals surface area (Å²) in [5.74, 6) is -0.430. The van der Waals surface area contributed by atoms with Gasteiger partial charge in [0.1, 0.15) is 0 Å². The van der Waals surface area contributed by atoms with Gasteiger partial charge in [0, 0.05) is 30.4 Å². The third-order valence-electron chi connectivity index (χ3n) is 4.70. The molecule has 0 spiro atoms. The summed E-state index contributed by atoms with van der Waals surface area (Å²) in [5.41, 5.74) is 2.25. The summed E-state index contributed by atoms with van der Waals surface area (Å²) in [6, 6.07) is 8.99. The predicted molar refractivity (Wildman–Crippen MR) is 118 cm³/mol. The van der Waals surface area contributed by atoms with E-state index in [0.29, 0.717) is 18.7 Å². The maximum absolute atomic E-state index is 12.8. The molecule has 0 unspecified atom stereocenters. The van der Waals surface area contributed by atoms with E-state index in [-0.39, 0.29) is 27.4 Å². The molecule has 2 amide bonds. The first-order valence-electron chi connectivity index (χ1n) is 9.63. The smallest absolute Gasteiger partial charge is 0.257 e. The highest BCUT2D eigenvalue weighted by Gasteiger charge is 2.23. The molecule has 160 valence electrons. The zero-order valence-corrected chi connectivity index (χ0v) is 18.6. The second-order valence-corrected chi connectivity index (χ2v) is 9.64. The minimum atomic E-state index is -3.76. The lowest BCUT2D eigenvalue weighted by Gasteiger charge is -2.19. The van der Waals surface area contributed by atoms with Crippen molar-refractivity contribution >= 4 is 44.8 Å². The van der Waals surface area contributed by atoms with Gasteiger partial charge in [0.2, 0.25) is 15.9 Å². The van der Waals surface area contributed by atoms with Crippen LogP contribution in [-0.4, -0.2) is 32.8 Å². The van der Waals surface area contributed by atoms with E-state index in [0.717, 1.165) is 17.7 Å². The molecule has 0 saturated carbocycles. The van der Waals surface area contributed by atoms with Crippen LogP contribution in [0.4, 0.5) is 11.4 Å². The number of hydrogen-bond donors (Lipinski definition) is 2. The lowest BCUT2D eigenvalue weighted by atomic mass is 10.1. The molecule has 1 heterocycles. The van der Waals surface area contributed by atoms with Crippen LogP contribution in [0, 0.1) is 6.92 Å². The molecule has 0 atom stereocenters. The van der Waals surface area contributed by atoms with Crippen molar-refractivity contribution in [3.8, 4) is 0 Å². The molecule has 0 aromatic heterocycles. The van der Waals surface area contributed by atoms with Crippen molar-refractivity contribution in [1.82, 2.24) is 4.72 Å². The van der Waals surface area contributed by atoms with Crippen LogP contribution >= 0.6 is 11.6 Å². The Hall–Kier alpha value is -2.42. The Morgan fingerprint density at radius 2 is 1.90 bits per heavy atom. The lowest BCUT2D eigenvalue weighted by molar-refractivity contribution is -0.117. The van der Waals surface area contributed by atoms with E-state index >= 15 is 0 Å². The molecule has 9 heteroatoms. The van der Waals surface area contributed by atoms with Gasteiger partial charge < -0.3 is 10.2 Å². The van der Waals surface area contributed by atoms with Gasteiger partial charge >= 0.3 is 0 Å². The van der Waals surface area contributed by atoms with E-state index in [2.05, 4.69) is 10.0 Å². The number of halogens is 1. The van der Waals surface area contributed by atoms with Crippen molar-refractivity contribution in [2.75, 3.05) is 16.8 Å². The average molecular weight is 450 g/mol. The Kier molecular flexibility index (Phi) is 6.50. The molecule has 0 radical (unpaired) electrons.